The van der Waals surface area contributed by atoms with Gasteiger partial charge < -0.3 is 10.6 Å². The fourth-order valence-corrected chi connectivity index (χ4v) is 1.78. The van der Waals surface area contributed by atoms with Crippen LogP contribution >= 0.6 is 0 Å². The third kappa shape index (κ3) is 4.19. The van der Waals surface area contributed by atoms with Gasteiger partial charge >= 0.3 is 0 Å². The highest BCUT2D eigenvalue weighted by Gasteiger charge is 2.07. The van der Waals surface area contributed by atoms with E-state index in [-0.39, 0.29) is 5.91 Å². The maximum atomic E-state index is 11.8. The number of carbonyl (C=O) groups excluding carboxylic acids is 1. The molecule has 0 aliphatic heterocycles. The van der Waals surface area contributed by atoms with Crippen LogP contribution < -0.4 is 10.6 Å². The minimum Gasteiger partial charge on any atom is -0.326 e. The SMILES string of the molecule is CCNCCC(=O)Nc1c(C)cccc1CC. The van der Waals surface area contributed by atoms with Crippen LogP contribution in [0.3, 0.4) is 0 Å². The average Bonchev–Trinajstić information content (AvgIpc) is 2.32. The van der Waals surface area contributed by atoms with Gasteiger partial charge in [-0.05, 0) is 31.0 Å². The van der Waals surface area contributed by atoms with Crippen molar-refractivity contribution in [1.82, 2.24) is 5.32 Å². The maximum Gasteiger partial charge on any atom is 0.225 e. The number of hydrogen-bond donors (Lipinski definition) is 2. The highest BCUT2D eigenvalue weighted by atomic mass is 16.1. The third-order valence-electron chi connectivity index (χ3n) is 2.78. The minimum absolute atomic E-state index is 0.0787. The van der Waals surface area contributed by atoms with Crippen LogP contribution in [0.4, 0.5) is 5.69 Å². The average molecular weight is 234 g/mol. The van der Waals surface area contributed by atoms with Gasteiger partial charge in [0.1, 0.15) is 0 Å². The Hall–Kier alpha value is -1.35. The zero-order chi connectivity index (χ0) is 12.7. The Morgan fingerprint density at radius 2 is 2.06 bits per heavy atom. The predicted molar refractivity (Wildman–Crippen MR) is 72.3 cm³/mol. The lowest BCUT2D eigenvalue weighted by Crippen LogP contribution is -2.22. The molecule has 0 saturated carbocycles. The van der Waals surface area contributed by atoms with Gasteiger partial charge in [-0.3, -0.25) is 4.79 Å². The Morgan fingerprint density at radius 3 is 2.71 bits per heavy atom. The molecule has 3 heteroatoms. The zero-order valence-corrected chi connectivity index (χ0v) is 11.0. The highest BCUT2D eigenvalue weighted by Crippen LogP contribution is 2.21. The van der Waals surface area contributed by atoms with Crippen LogP contribution in [0, 0.1) is 6.92 Å². The number of aryl methyl sites for hydroxylation is 2. The summed E-state index contributed by atoms with van der Waals surface area (Å²) in [5, 5.41) is 6.16. The molecule has 3 nitrogen and oxygen atoms in total. The van der Waals surface area contributed by atoms with Crippen molar-refractivity contribution < 1.29 is 4.79 Å². The van der Waals surface area contributed by atoms with Crippen LogP contribution in [0.15, 0.2) is 18.2 Å². The number of amides is 1. The number of benzene rings is 1. The van der Waals surface area contributed by atoms with E-state index < -0.39 is 0 Å². The maximum absolute atomic E-state index is 11.8. The van der Waals surface area contributed by atoms with Crippen molar-refractivity contribution in [2.75, 3.05) is 18.4 Å². The molecule has 94 valence electrons. The molecule has 0 spiro atoms. The monoisotopic (exact) mass is 234 g/mol. The number of hydrogen-bond acceptors (Lipinski definition) is 2. The molecule has 1 amide bonds. The first kappa shape index (κ1) is 13.7. The molecular weight excluding hydrogens is 212 g/mol. The van der Waals surface area contributed by atoms with Gasteiger partial charge in [0.25, 0.3) is 0 Å². The van der Waals surface area contributed by atoms with E-state index in [1.54, 1.807) is 0 Å². The Labute approximate surface area is 104 Å². The van der Waals surface area contributed by atoms with Crippen molar-refractivity contribution >= 4 is 11.6 Å². The second kappa shape index (κ2) is 7.07. The molecule has 1 aromatic rings. The Balaban J connectivity index is 2.64. The van der Waals surface area contributed by atoms with E-state index in [0.29, 0.717) is 6.42 Å². The molecule has 0 fully saturated rings. The molecule has 0 aromatic heterocycles. The quantitative estimate of drug-likeness (QED) is 0.742. The molecule has 0 aliphatic carbocycles. The molecule has 0 bridgehead atoms. The summed E-state index contributed by atoms with van der Waals surface area (Å²) >= 11 is 0. The van der Waals surface area contributed by atoms with Crippen LogP contribution in [0.2, 0.25) is 0 Å². The van der Waals surface area contributed by atoms with Crippen LogP contribution in [0.5, 0.6) is 0 Å². The summed E-state index contributed by atoms with van der Waals surface area (Å²) in [5.41, 5.74) is 3.31. The molecular formula is C14H22N2O. The lowest BCUT2D eigenvalue weighted by atomic mass is 10.1. The molecule has 1 aromatic carbocycles. The second-order valence-electron chi connectivity index (χ2n) is 4.11. The molecule has 17 heavy (non-hydrogen) atoms. The van der Waals surface area contributed by atoms with E-state index in [0.717, 1.165) is 30.8 Å². The number of anilines is 1. The number of para-hydroxylation sites is 1. The number of nitrogens with one attached hydrogen (secondary N) is 2. The fraction of sp³-hybridized carbons (Fsp3) is 0.500. The topological polar surface area (TPSA) is 41.1 Å². The van der Waals surface area contributed by atoms with E-state index in [4.69, 9.17) is 0 Å². The van der Waals surface area contributed by atoms with E-state index in [1.807, 2.05) is 26.0 Å². The molecule has 2 N–H and O–H groups in total. The van der Waals surface area contributed by atoms with Gasteiger partial charge in [-0.15, -0.1) is 0 Å². The van der Waals surface area contributed by atoms with E-state index in [2.05, 4.69) is 23.6 Å². The lowest BCUT2D eigenvalue weighted by molar-refractivity contribution is -0.116. The van der Waals surface area contributed by atoms with Crippen molar-refractivity contribution in [1.29, 1.82) is 0 Å². The van der Waals surface area contributed by atoms with Crippen LogP contribution in [-0.2, 0) is 11.2 Å². The summed E-state index contributed by atoms with van der Waals surface area (Å²) in [6, 6.07) is 6.12. The summed E-state index contributed by atoms with van der Waals surface area (Å²) in [7, 11) is 0. The molecule has 0 unspecified atom stereocenters. The molecule has 0 aliphatic rings. The van der Waals surface area contributed by atoms with Gasteiger partial charge in [0.05, 0.1) is 0 Å². The van der Waals surface area contributed by atoms with Crippen molar-refractivity contribution in [3.63, 3.8) is 0 Å². The molecule has 0 heterocycles. The molecule has 0 atom stereocenters. The van der Waals surface area contributed by atoms with Gasteiger partial charge in [-0.2, -0.15) is 0 Å². The van der Waals surface area contributed by atoms with E-state index in [1.165, 1.54) is 5.56 Å². The van der Waals surface area contributed by atoms with Gasteiger partial charge in [0.2, 0.25) is 5.91 Å². The van der Waals surface area contributed by atoms with E-state index in [9.17, 15) is 4.79 Å². The first-order chi connectivity index (χ1) is 8.19. The smallest absolute Gasteiger partial charge is 0.225 e. The summed E-state index contributed by atoms with van der Waals surface area (Å²) in [4.78, 5) is 11.8. The standard InChI is InChI=1S/C14H22N2O/c1-4-12-8-6-7-11(3)14(12)16-13(17)9-10-15-5-2/h6-8,15H,4-5,9-10H2,1-3H3,(H,16,17). The van der Waals surface area contributed by atoms with Gasteiger partial charge in [-0.1, -0.05) is 32.0 Å². The Bertz CT molecular complexity index is 374. The Morgan fingerprint density at radius 1 is 1.29 bits per heavy atom. The predicted octanol–water partition coefficient (Wildman–Crippen LogP) is 2.50. The van der Waals surface area contributed by atoms with Gasteiger partial charge in [-0.25, -0.2) is 0 Å². The van der Waals surface area contributed by atoms with Crippen molar-refractivity contribution in [3.05, 3.63) is 29.3 Å². The van der Waals surface area contributed by atoms with Crippen molar-refractivity contribution in [2.24, 2.45) is 0 Å². The molecule has 1 rings (SSSR count). The third-order valence-corrected chi connectivity index (χ3v) is 2.78. The summed E-state index contributed by atoms with van der Waals surface area (Å²) in [6.07, 6.45) is 1.45. The van der Waals surface area contributed by atoms with E-state index >= 15 is 0 Å². The summed E-state index contributed by atoms with van der Waals surface area (Å²) < 4.78 is 0. The summed E-state index contributed by atoms with van der Waals surface area (Å²) in [5.74, 6) is 0.0787. The first-order valence-electron chi connectivity index (χ1n) is 6.28. The number of carbonyl (C=O) groups is 1. The van der Waals surface area contributed by atoms with Crippen LogP contribution in [-0.4, -0.2) is 19.0 Å². The highest BCUT2D eigenvalue weighted by molar-refractivity contribution is 5.92. The van der Waals surface area contributed by atoms with Gasteiger partial charge in [0.15, 0.2) is 0 Å². The largest absolute Gasteiger partial charge is 0.326 e. The van der Waals surface area contributed by atoms with Crippen LogP contribution in [0.25, 0.3) is 0 Å². The van der Waals surface area contributed by atoms with Crippen molar-refractivity contribution in [2.45, 2.75) is 33.6 Å². The summed E-state index contributed by atoms with van der Waals surface area (Å²) in [6.45, 7) is 7.80. The second-order valence-corrected chi connectivity index (χ2v) is 4.11. The molecule has 0 radical (unpaired) electrons. The molecule has 0 saturated heterocycles. The minimum atomic E-state index is 0.0787. The van der Waals surface area contributed by atoms with Gasteiger partial charge in [0, 0.05) is 18.7 Å². The van der Waals surface area contributed by atoms with Crippen molar-refractivity contribution in [3.8, 4) is 0 Å². The Kier molecular flexibility index (Phi) is 5.70. The first-order valence-corrected chi connectivity index (χ1v) is 6.28. The number of rotatable bonds is 6. The normalized spacial score (nSPS) is 10.3. The zero-order valence-electron chi connectivity index (χ0n) is 11.0. The van der Waals surface area contributed by atoms with Crippen LogP contribution in [0.1, 0.15) is 31.4 Å². The fourth-order valence-electron chi connectivity index (χ4n) is 1.78. The lowest BCUT2D eigenvalue weighted by Gasteiger charge is -2.12.